The van der Waals surface area contributed by atoms with Crippen LogP contribution in [0.25, 0.3) is 11.3 Å². The van der Waals surface area contributed by atoms with Crippen molar-refractivity contribution >= 4 is 40.0 Å². The van der Waals surface area contributed by atoms with Crippen molar-refractivity contribution in [3.63, 3.8) is 0 Å². The molecule has 0 unspecified atom stereocenters. The Morgan fingerprint density at radius 3 is 2.33 bits per heavy atom. The lowest BCUT2D eigenvalue weighted by atomic mass is 9.86. The molecule has 1 aromatic carbocycles. The molecule has 0 bridgehead atoms. The number of ether oxygens (including phenoxy) is 1. The van der Waals surface area contributed by atoms with Crippen molar-refractivity contribution in [1.82, 2.24) is 10.2 Å². The zero-order valence-corrected chi connectivity index (χ0v) is 18.2. The van der Waals surface area contributed by atoms with Gasteiger partial charge in [0.2, 0.25) is 0 Å². The van der Waals surface area contributed by atoms with Gasteiger partial charge in [-0.3, -0.25) is 5.10 Å². The highest BCUT2D eigenvalue weighted by Gasteiger charge is 2.40. The Hall–Kier alpha value is -2.44. The van der Waals surface area contributed by atoms with Crippen molar-refractivity contribution in [2.45, 2.75) is 39.3 Å². The van der Waals surface area contributed by atoms with E-state index in [1.807, 2.05) is 31.9 Å². The summed E-state index contributed by atoms with van der Waals surface area (Å²) >= 11 is 6.64. The number of nitrogens with zero attached hydrogens (tertiary/aromatic N) is 2. The Morgan fingerprint density at radius 1 is 1.27 bits per heavy atom. The van der Waals surface area contributed by atoms with E-state index in [4.69, 9.17) is 16.3 Å². The van der Waals surface area contributed by atoms with Crippen LogP contribution in [0.5, 0.6) is 0 Å². The quantitative estimate of drug-likeness (QED) is 0.315. The van der Waals surface area contributed by atoms with Gasteiger partial charge in [-0.15, -0.1) is 0 Å². The van der Waals surface area contributed by atoms with E-state index in [2.05, 4.69) is 5.10 Å². The van der Waals surface area contributed by atoms with E-state index in [1.54, 1.807) is 31.2 Å². The van der Waals surface area contributed by atoms with Crippen LogP contribution in [-0.2, 0) is 16.3 Å². The summed E-state index contributed by atoms with van der Waals surface area (Å²) in [4.78, 5) is 12.1. The predicted octanol–water partition coefficient (Wildman–Crippen LogP) is 6.66. The number of aromatic amines is 1. The smallest absolute Gasteiger partial charge is 0.416 e. The van der Waals surface area contributed by atoms with E-state index in [9.17, 15) is 23.2 Å². The number of aromatic nitrogens is 2. The highest BCUT2D eigenvalue weighted by Crippen LogP contribution is 2.40. The fraction of sp³-hybridized carbons (Fsp3) is 0.350. The number of carbonyl (C=O) groups is 1. The van der Waals surface area contributed by atoms with Crippen molar-refractivity contribution < 1.29 is 22.7 Å². The number of hydrogen-bond acceptors (Lipinski definition) is 5. The monoisotopic (exact) mass is 457 g/mol. The van der Waals surface area contributed by atoms with Crippen LogP contribution in [0.4, 0.5) is 18.0 Å². The molecule has 0 aliphatic carbocycles. The Balaban J connectivity index is 2.75. The summed E-state index contributed by atoms with van der Waals surface area (Å²) in [6, 6.07) is 8.53. The largest absolute Gasteiger partial charge is 0.433 e. The number of nitrogens with one attached hydrogen (secondary N) is 1. The number of hydrogen-bond donors (Lipinski definition) is 1. The first-order valence-electron chi connectivity index (χ1n) is 8.81. The van der Waals surface area contributed by atoms with Gasteiger partial charge in [-0.1, -0.05) is 63.6 Å². The summed E-state index contributed by atoms with van der Waals surface area (Å²) < 4.78 is 45.6. The van der Waals surface area contributed by atoms with Crippen LogP contribution in [0, 0.1) is 11.3 Å². The zero-order chi connectivity index (χ0) is 22.7. The first-order chi connectivity index (χ1) is 13.9. The van der Waals surface area contributed by atoms with Crippen molar-refractivity contribution in [1.29, 1.82) is 5.26 Å². The van der Waals surface area contributed by atoms with Crippen LogP contribution in [0.15, 0.2) is 24.3 Å². The van der Waals surface area contributed by atoms with Gasteiger partial charge in [0.05, 0.1) is 5.56 Å². The number of benzene rings is 1. The van der Waals surface area contributed by atoms with Crippen molar-refractivity contribution in [2.24, 2.45) is 0 Å². The summed E-state index contributed by atoms with van der Waals surface area (Å²) in [5, 5.41) is 13.5. The predicted molar refractivity (Wildman–Crippen MR) is 111 cm³/mol. The minimum absolute atomic E-state index is 0.167. The Bertz CT molecular complexity index is 1000. The molecular weight excluding hydrogens is 439 g/mol. The molecule has 0 saturated heterocycles. The lowest BCUT2D eigenvalue weighted by molar-refractivity contribution is -0.141. The second-order valence-corrected chi connectivity index (χ2v) is 8.75. The fourth-order valence-electron chi connectivity index (χ4n) is 2.57. The zero-order valence-electron chi connectivity index (χ0n) is 16.6. The lowest BCUT2D eigenvalue weighted by Crippen LogP contribution is -2.12. The number of alkyl halides is 3. The van der Waals surface area contributed by atoms with Gasteiger partial charge < -0.3 is 4.74 Å². The SMILES string of the molecule is CCSC(=O)O/C(=C(/C#N)c1ccc(C(C)(C)C)cc1)c1c(Cl)n[nH]c1C(F)(F)F. The van der Waals surface area contributed by atoms with Crippen molar-refractivity contribution in [3.8, 4) is 6.07 Å². The maximum absolute atomic E-state index is 13.5. The van der Waals surface area contributed by atoms with Crippen LogP contribution in [-0.4, -0.2) is 21.3 Å². The van der Waals surface area contributed by atoms with Gasteiger partial charge in [-0.25, -0.2) is 4.79 Å². The molecule has 0 spiro atoms. The Kier molecular flexibility index (Phi) is 7.27. The fourth-order valence-corrected chi connectivity index (χ4v) is 3.17. The van der Waals surface area contributed by atoms with Crippen molar-refractivity contribution in [3.05, 3.63) is 51.8 Å². The van der Waals surface area contributed by atoms with E-state index in [1.165, 1.54) is 0 Å². The molecule has 0 amide bonds. The topological polar surface area (TPSA) is 78.8 Å². The maximum Gasteiger partial charge on any atom is 0.433 e. The molecule has 1 heterocycles. The third-order valence-corrected chi connectivity index (χ3v) is 4.94. The van der Waals surface area contributed by atoms with Crippen molar-refractivity contribution in [2.75, 3.05) is 5.75 Å². The molecule has 0 fully saturated rings. The molecule has 30 heavy (non-hydrogen) atoms. The molecule has 2 aromatic rings. The number of rotatable bonds is 4. The van der Waals surface area contributed by atoms with Gasteiger partial charge >= 0.3 is 11.5 Å². The second-order valence-electron chi connectivity index (χ2n) is 7.19. The molecule has 0 radical (unpaired) electrons. The molecule has 1 N–H and O–H groups in total. The molecular formula is C20H19ClF3N3O2S. The van der Waals surface area contributed by atoms with E-state index < -0.39 is 33.6 Å². The highest BCUT2D eigenvalue weighted by atomic mass is 35.5. The summed E-state index contributed by atoms with van der Waals surface area (Å²) in [7, 11) is 0. The van der Waals surface area contributed by atoms with Gasteiger partial charge in [0, 0.05) is 5.75 Å². The average molecular weight is 458 g/mol. The molecule has 160 valence electrons. The molecule has 0 aliphatic rings. The standard InChI is InChI=1S/C20H19ClF3N3O2S/c1-5-30-18(28)29-15(14-16(20(22,23)24)26-27-17(14)21)13(10-25)11-6-8-12(9-7-11)19(2,3)4/h6-9H,5H2,1-4H3,(H,26,27)/b15-13-. The minimum Gasteiger partial charge on any atom is -0.416 e. The third kappa shape index (κ3) is 5.37. The number of nitriles is 1. The summed E-state index contributed by atoms with van der Waals surface area (Å²) in [6.07, 6.45) is -4.86. The number of thioether (sulfide) groups is 1. The van der Waals surface area contributed by atoms with Crippen LogP contribution in [0.3, 0.4) is 0 Å². The number of halogens is 4. The second kappa shape index (κ2) is 9.14. The van der Waals surface area contributed by atoms with Gasteiger partial charge in [-0.05, 0) is 28.3 Å². The normalized spacial score (nSPS) is 12.9. The molecule has 0 saturated carbocycles. The van der Waals surface area contributed by atoms with E-state index in [0.717, 1.165) is 17.3 Å². The van der Waals surface area contributed by atoms with Gasteiger partial charge in [0.25, 0.3) is 0 Å². The van der Waals surface area contributed by atoms with Crippen LogP contribution in [0.1, 0.15) is 50.1 Å². The van der Waals surface area contributed by atoms with Gasteiger partial charge in [0.1, 0.15) is 11.6 Å². The lowest BCUT2D eigenvalue weighted by Gasteiger charge is -2.19. The number of H-pyrrole nitrogens is 1. The number of carbonyl (C=O) groups excluding carboxylic acids is 1. The third-order valence-electron chi connectivity index (χ3n) is 4.06. The first-order valence-corrected chi connectivity index (χ1v) is 10.2. The summed E-state index contributed by atoms with van der Waals surface area (Å²) in [5.74, 6) is -0.266. The molecule has 5 nitrogen and oxygen atoms in total. The Labute approximate surface area is 181 Å². The minimum atomic E-state index is -4.86. The van der Waals surface area contributed by atoms with Crippen LogP contribution in [0.2, 0.25) is 5.15 Å². The van der Waals surface area contributed by atoms with E-state index in [0.29, 0.717) is 5.75 Å². The van der Waals surface area contributed by atoms with Gasteiger partial charge in [-0.2, -0.15) is 23.5 Å². The highest BCUT2D eigenvalue weighted by molar-refractivity contribution is 8.13. The molecule has 0 aliphatic heterocycles. The summed E-state index contributed by atoms with van der Waals surface area (Å²) in [6.45, 7) is 7.68. The van der Waals surface area contributed by atoms with E-state index >= 15 is 0 Å². The Morgan fingerprint density at radius 2 is 1.87 bits per heavy atom. The summed E-state index contributed by atoms with van der Waals surface area (Å²) in [5.41, 5.74) is -1.20. The maximum atomic E-state index is 13.5. The first kappa shape index (κ1) is 23.8. The molecule has 0 atom stereocenters. The average Bonchev–Trinajstić information content (AvgIpc) is 3.03. The van der Waals surface area contributed by atoms with Crippen LogP contribution >= 0.6 is 23.4 Å². The van der Waals surface area contributed by atoms with Gasteiger partial charge in [0.15, 0.2) is 16.6 Å². The molecule has 10 heteroatoms. The van der Waals surface area contributed by atoms with E-state index in [-0.39, 0.29) is 16.6 Å². The molecule has 2 rings (SSSR count). The van der Waals surface area contributed by atoms with Crippen LogP contribution < -0.4 is 0 Å². The molecule has 1 aromatic heterocycles. The number of allylic oxidation sites excluding steroid dienone is 1.